The molecule has 2 rings (SSSR count). The van der Waals surface area contributed by atoms with E-state index in [2.05, 4.69) is 5.32 Å². The Bertz CT molecular complexity index is 344. The lowest BCUT2D eigenvalue weighted by Crippen LogP contribution is -2.28. The summed E-state index contributed by atoms with van der Waals surface area (Å²) in [5.74, 6) is 0.0133. The molecule has 2 unspecified atom stereocenters. The molecule has 0 aromatic heterocycles. The van der Waals surface area contributed by atoms with Gasteiger partial charge in [0.1, 0.15) is 0 Å². The van der Waals surface area contributed by atoms with Gasteiger partial charge in [-0.15, -0.1) is 0 Å². The van der Waals surface area contributed by atoms with Gasteiger partial charge in [-0.1, -0.05) is 29.3 Å². The van der Waals surface area contributed by atoms with Gasteiger partial charge in [0.25, 0.3) is 0 Å². The fraction of sp³-hybridized carbons (Fsp3) is 0.222. The van der Waals surface area contributed by atoms with Crippen molar-refractivity contribution in [3.05, 3.63) is 34.0 Å². The van der Waals surface area contributed by atoms with Gasteiger partial charge < -0.3 is 5.32 Å². The van der Waals surface area contributed by atoms with Crippen molar-refractivity contribution in [1.82, 2.24) is 5.32 Å². The van der Waals surface area contributed by atoms with E-state index in [-0.39, 0.29) is 12.0 Å². The third-order valence-electron chi connectivity index (χ3n) is 2.18. The van der Waals surface area contributed by atoms with Crippen molar-refractivity contribution in [3.63, 3.8) is 0 Å². The van der Waals surface area contributed by atoms with Gasteiger partial charge >= 0.3 is 0 Å². The van der Waals surface area contributed by atoms with Crippen molar-refractivity contribution in [2.75, 3.05) is 0 Å². The molecule has 13 heavy (non-hydrogen) atoms. The van der Waals surface area contributed by atoms with Crippen LogP contribution in [0.25, 0.3) is 0 Å². The average Bonchev–Trinajstić information content (AvgIpc) is 2.55. The minimum atomic E-state index is 0.0133. The molecule has 1 aliphatic heterocycles. The van der Waals surface area contributed by atoms with Crippen molar-refractivity contribution >= 4 is 29.5 Å². The lowest BCUT2D eigenvalue weighted by atomic mass is 9.97. The van der Waals surface area contributed by atoms with Crippen LogP contribution in [0.15, 0.2) is 34.0 Å². The van der Waals surface area contributed by atoms with E-state index in [1.165, 1.54) is 0 Å². The SMILES string of the molecule is O=CC1=CC2C(Cl)=C(Cl)C=CC2N1. The number of halogens is 2. The summed E-state index contributed by atoms with van der Waals surface area (Å²) in [4.78, 5) is 10.5. The van der Waals surface area contributed by atoms with Gasteiger partial charge in [0.15, 0.2) is 6.29 Å². The Morgan fingerprint density at radius 3 is 2.92 bits per heavy atom. The third kappa shape index (κ3) is 1.40. The first kappa shape index (κ1) is 8.85. The van der Waals surface area contributed by atoms with Crippen molar-refractivity contribution < 1.29 is 4.79 Å². The molecule has 0 bridgehead atoms. The summed E-state index contributed by atoms with van der Waals surface area (Å²) >= 11 is 11.8. The lowest BCUT2D eigenvalue weighted by molar-refractivity contribution is -0.105. The van der Waals surface area contributed by atoms with Gasteiger partial charge in [-0.2, -0.15) is 0 Å². The fourth-order valence-corrected chi connectivity index (χ4v) is 1.99. The second-order valence-corrected chi connectivity index (χ2v) is 3.81. The van der Waals surface area contributed by atoms with Gasteiger partial charge in [-0.05, 0) is 12.2 Å². The smallest absolute Gasteiger partial charge is 0.165 e. The molecule has 1 heterocycles. The van der Waals surface area contributed by atoms with Gasteiger partial charge in [-0.25, -0.2) is 0 Å². The molecule has 0 aromatic rings. The van der Waals surface area contributed by atoms with Crippen LogP contribution in [-0.2, 0) is 4.79 Å². The Balaban J connectivity index is 2.34. The van der Waals surface area contributed by atoms with Crippen LogP contribution in [0.2, 0.25) is 0 Å². The highest BCUT2D eigenvalue weighted by Crippen LogP contribution is 2.35. The molecule has 0 saturated carbocycles. The molecular formula is C9H7Cl2NO. The summed E-state index contributed by atoms with van der Waals surface area (Å²) < 4.78 is 0. The van der Waals surface area contributed by atoms with Crippen molar-refractivity contribution in [2.45, 2.75) is 6.04 Å². The summed E-state index contributed by atoms with van der Waals surface area (Å²) in [5, 5.41) is 4.17. The second-order valence-electron chi connectivity index (χ2n) is 2.99. The maximum absolute atomic E-state index is 10.5. The molecule has 68 valence electrons. The predicted octanol–water partition coefficient (Wildman–Crippen LogP) is 1.92. The van der Waals surface area contributed by atoms with E-state index in [0.717, 1.165) is 6.29 Å². The molecule has 0 aromatic carbocycles. The van der Waals surface area contributed by atoms with E-state index in [0.29, 0.717) is 15.8 Å². The van der Waals surface area contributed by atoms with Crippen LogP contribution in [0.5, 0.6) is 0 Å². The van der Waals surface area contributed by atoms with E-state index in [9.17, 15) is 4.79 Å². The first-order chi connectivity index (χ1) is 6.22. The number of nitrogens with one attached hydrogen (secondary N) is 1. The summed E-state index contributed by atoms with van der Waals surface area (Å²) in [6.07, 6.45) is 6.24. The molecule has 1 N–H and O–H groups in total. The van der Waals surface area contributed by atoms with E-state index >= 15 is 0 Å². The van der Waals surface area contributed by atoms with Crippen molar-refractivity contribution in [2.24, 2.45) is 5.92 Å². The van der Waals surface area contributed by atoms with Crippen LogP contribution in [0.1, 0.15) is 0 Å². The Hall–Kier alpha value is -0.730. The largest absolute Gasteiger partial charge is 0.375 e. The summed E-state index contributed by atoms with van der Waals surface area (Å²) in [6.45, 7) is 0. The molecular weight excluding hydrogens is 209 g/mol. The summed E-state index contributed by atoms with van der Waals surface area (Å²) in [5.41, 5.74) is 0.573. The van der Waals surface area contributed by atoms with Crippen molar-refractivity contribution in [1.29, 1.82) is 0 Å². The highest BCUT2D eigenvalue weighted by Gasteiger charge is 2.30. The van der Waals surface area contributed by atoms with Crippen LogP contribution in [0.3, 0.4) is 0 Å². The zero-order chi connectivity index (χ0) is 9.42. The summed E-state index contributed by atoms with van der Waals surface area (Å²) in [6, 6.07) is 0.0789. The van der Waals surface area contributed by atoms with E-state index in [1.54, 1.807) is 12.2 Å². The Morgan fingerprint density at radius 1 is 1.46 bits per heavy atom. The maximum Gasteiger partial charge on any atom is 0.165 e. The van der Waals surface area contributed by atoms with Crippen LogP contribution < -0.4 is 5.32 Å². The fourth-order valence-electron chi connectivity index (χ4n) is 1.53. The topological polar surface area (TPSA) is 29.1 Å². The van der Waals surface area contributed by atoms with Crippen molar-refractivity contribution in [3.8, 4) is 0 Å². The number of fused-ring (bicyclic) bond motifs is 1. The highest BCUT2D eigenvalue weighted by atomic mass is 35.5. The number of hydrogen-bond acceptors (Lipinski definition) is 2. The molecule has 2 nitrogen and oxygen atoms in total. The lowest BCUT2D eigenvalue weighted by Gasteiger charge is -2.20. The quantitative estimate of drug-likeness (QED) is 0.678. The van der Waals surface area contributed by atoms with Gasteiger partial charge in [-0.3, -0.25) is 4.79 Å². The number of hydrogen-bond donors (Lipinski definition) is 1. The predicted molar refractivity (Wildman–Crippen MR) is 52.4 cm³/mol. The first-order valence-corrected chi connectivity index (χ1v) is 4.65. The van der Waals surface area contributed by atoms with Crippen LogP contribution in [0, 0.1) is 5.92 Å². The normalized spacial score (nSPS) is 31.1. The minimum absolute atomic E-state index is 0.0133. The van der Waals surface area contributed by atoms with Gasteiger partial charge in [0, 0.05) is 11.0 Å². The molecule has 0 amide bonds. The monoisotopic (exact) mass is 215 g/mol. The molecule has 1 aliphatic carbocycles. The van der Waals surface area contributed by atoms with Crippen LogP contribution >= 0.6 is 23.2 Å². The molecule has 0 radical (unpaired) electrons. The zero-order valence-corrected chi connectivity index (χ0v) is 8.14. The molecule has 2 atom stereocenters. The molecule has 4 heteroatoms. The molecule has 0 fully saturated rings. The number of carbonyl (C=O) groups is 1. The van der Waals surface area contributed by atoms with Crippen LogP contribution in [-0.4, -0.2) is 12.3 Å². The highest BCUT2D eigenvalue weighted by molar-refractivity contribution is 6.40. The molecule has 0 saturated heterocycles. The number of carbonyl (C=O) groups excluding carboxylic acids is 1. The molecule has 2 aliphatic rings. The maximum atomic E-state index is 10.5. The Morgan fingerprint density at radius 2 is 2.23 bits per heavy atom. The van der Waals surface area contributed by atoms with Gasteiger partial charge in [0.2, 0.25) is 0 Å². The van der Waals surface area contributed by atoms with Gasteiger partial charge in [0.05, 0.1) is 16.8 Å². The molecule has 0 spiro atoms. The first-order valence-electron chi connectivity index (χ1n) is 3.89. The zero-order valence-electron chi connectivity index (χ0n) is 6.63. The number of rotatable bonds is 1. The van der Waals surface area contributed by atoms with Crippen LogP contribution in [0.4, 0.5) is 0 Å². The second kappa shape index (κ2) is 3.20. The van der Waals surface area contributed by atoms with E-state index in [1.807, 2.05) is 6.08 Å². The minimum Gasteiger partial charge on any atom is -0.375 e. The average molecular weight is 216 g/mol. The third-order valence-corrected chi connectivity index (χ3v) is 3.06. The van der Waals surface area contributed by atoms with E-state index in [4.69, 9.17) is 23.2 Å². The standard InChI is InChI=1S/C9H7Cl2NO/c10-7-1-2-8-6(9(7)11)3-5(4-13)12-8/h1-4,6,8,12H. The summed E-state index contributed by atoms with van der Waals surface area (Å²) in [7, 11) is 0. The van der Waals surface area contributed by atoms with E-state index < -0.39 is 0 Å². The number of allylic oxidation sites excluding steroid dienone is 3. The Kier molecular flexibility index (Phi) is 2.18. The Labute approximate surface area is 85.9 Å². The number of aldehydes is 1.